The number of sulfonamides is 2. The average molecular weight is 389 g/mol. The Morgan fingerprint density at radius 3 is 1.75 bits per heavy atom. The van der Waals surface area contributed by atoms with Crippen molar-refractivity contribution >= 4 is 31.6 Å². The molecule has 0 aliphatic carbocycles. The van der Waals surface area contributed by atoms with Crippen molar-refractivity contribution in [2.75, 3.05) is 19.3 Å². The zero-order valence-electron chi connectivity index (χ0n) is 12.9. The van der Waals surface area contributed by atoms with Crippen LogP contribution in [0.25, 0.3) is 11.1 Å². The van der Waals surface area contributed by atoms with Crippen LogP contribution in [0.2, 0.25) is 5.02 Å². The van der Waals surface area contributed by atoms with Crippen molar-refractivity contribution in [3.8, 4) is 11.1 Å². The minimum absolute atomic E-state index is 0.0130. The summed E-state index contributed by atoms with van der Waals surface area (Å²) in [5.74, 6) is 0. The molecule has 0 aromatic heterocycles. The quantitative estimate of drug-likeness (QED) is 0.708. The Morgan fingerprint density at radius 2 is 1.25 bits per heavy atom. The smallest absolute Gasteiger partial charge is 0.214 e. The topological polar surface area (TPSA) is 92.3 Å². The normalized spacial score (nSPS) is 12.2. The second kappa shape index (κ2) is 7.62. The number of rotatable bonds is 7. The van der Waals surface area contributed by atoms with Crippen LogP contribution in [0.15, 0.2) is 53.4 Å². The molecule has 0 saturated heterocycles. The van der Waals surface area contributed by atoms with Gasteiger partial charge in [0, 0.05) is 18.1 Å². The molecule has 0 bridgehead atoms. The first-order valence-electron chi connectivity index (χ1n) is 6.98. The fourth-order valence-corrected chi connectivity index (χ4v) is 3.60. The van der Waals surface area contributed by atoms with Gasteiger partial charge in [-0.1, -0.05) is 35.9 Å². The SMILES string of the molecule is CS(=O)(=O)NCCNS(=O)(=O)c1ccc(-c2ccc(Cl)cc2)cc1. The molecule has 0 amide bonds. The van der Waals surface area contributed by atoms with E-state index in [0.717, 1.165) is 17.4 Å². The number of hydrogen-bond donors (Lipinski definition) is 2. The number of halogens is 1. The van der Waals surface area contributed by atoms with E-state index in [1.807, 2.05) is 12.1 Å². The molecule has 24 heavy (non-hydrogen) atoms. The fraction of sp³-hybridized carbons (Fsp3) is 0.200. The van der Waals surface area contributed by atoms with E-state index in [1.165, 1.54) is 12.1 Å². The van der Waals surface area contributed by atoms with Gasteiger partial charge in [-0.15, -0.1) is 0 Å². The van der Waals surface area contributed by atoms with Crippen LogP contribution in [0.3, 0.4) is 0 Å². The lowest BCUT2D eigenvalue weighted by molar-refractivity contribution is 0.573. The molecule has 2 N–H and O–H groups in total. The van der Waals surface area contributed by atoms with E-state index in [0.29, 0.717) is 5.02 Å². The van der Waals surface area contributed by atoms with Crippen LogP contribution in [-0.4, -0.2) is 36.2 Å². The van der Waals surface area contributed by atoms with Crippen molar-refractivity contribution in [3.63, 3.8) is 0 Å². The molecule has 0 unspecified atom stereocenters. The molecule has 0 atom stereocenters. The molecule has 0 heterocycles. The second-order valence-corrected chi connectivity index (χ2v) is 9.13. The highest BCUT2D eigenvalue weighted by Crippen LogP contribution is 2.22. The van der Waals surface area contributed by atoms with Crippen molar-refractivity contribution < 1.29 is 16.8 Å². The molecule has 0 radical (unpaired) electrons. The van der Waals surface area contributed by atoms with Gasteiger partial charge in [0.15, 0.2) is 0 Å². The molecule has 2 aromatic rings. The molecular weight excluding hydrogens is 372 g/mol. The van der Waals surface area contributed by atoms with Gasteiger partial charge in [0.05, 0.1) is 11.2 Å². The van der Waals surface area contributed by atoms with Crippen LogP contribution in [0.1, 0.15) is 0 Å². The highest BCUT2D eigenvalue weighted by atomic mass is 35.5. The van der Waals surface area contributed by atoms with E-state index in [4.69, 9.17) is 11.6 Å². The van der Waals surface area contributed by atoms with E-state index in [-0.39, 0.29) is 18.0 Å². The van der Waals surface area contributed by atoms with Crippen LogP contribution >= 0.6 is 11.6 Å². The number of nitrogens with one attached hydrogen (secondary N) is 2. The highest BCUT2D eigenvalue weighted by molar-refractivity contribution is 7.89. The van der Waals surface area contributed by atoms with Gasteiger partial charge >= 0.3 is 0 Å². The predicted molar refractivity (Wildman–Crippen MR) is 94.9 cm³/mol. The number of benzene rings is 2. The Hall–Kier alpha value is -1.45. The lowest BCUT2D eigenvalue weighted by Gasteiger charge is -2.08. The largest absolute Gasteiger partial charge is 0.240 e. The Balaban J connectivity index is 2.04. The highest BCUT2D eigenvalue weighted by Gasteiger charge is 2.13. The van der Waals surface area contributed by atoms with Gasteiger partial charge in [-0.25, -0.2) is 26.3 Å². The van der Waals surface area contributed by atoms with Gasteiger partial charge in [0.25, 0.3) is 0 Å². The van der Waals surface area contributed by atoms with E-state index in [9.17, 15) is 16.8 Å². The van der Waals surface area contributed by atoms with Gasteiger partial charge in [-0.05, 0) is 35.4 Å². The molecule has 9 heteroatoms. The average Bonchev–Trinajstić information content (AvgIpc) is 2.52. The van der Waals surface area contributed by atoms with E-state index >= 15 is 0 Å². The van der Waals surface area contributed by atoms with E-state index < -0.39 is 20.0 Å². The van der Waals surface area contributed by atoms with Crippen LogP contribution < -0.4 is 9.44 Å². The number of hydrogen-bond acceptors (Lipinski definition) is 4. The van der Waals surface area contributed by atoms with E-state index in [1.54, 1.807) is 24.3 Å². The molecular formula is C15H17ClN2O4S2. The van der Waals surface area contributed by atoms with Crippen molar-refractivity contribution in [2.24, 2.45) is 0 Å². The van der Waals surface area contributed by atoms with Gasteiger partial charge < -0.3 is 0 Å². The maximum Gasteiger partial charge on any atom is 0.240 e. The molecule has 6 nitrogen and oxygen atoms in total. The molecule has 0 aliphatic rings. The molecule has 130 valence electrons. The molecule has 0 aliphatic heterocycles. The maximum atomic E-state index is 12.1. The third-order valence-electron chi connectivity index (χ3n) is 3.12. The van der Waals surface area contributed by atoms with Gasteiger partial charge in [-0.2, -0.15) is 0 Å². The van der Waals surface area contributed by atoms with Crippen LogP contribution in [0, 0.1) is 0 Å². The molecule has 0 spiro atoms. The summed E-state index contributed by atoms with van der Waals surface area (Å²) in [6, 6.07) is 13.6. The Labute approximate surface area is 147 Å². The second-order valence-electron chi connectivity index (χ2n) is 5.10. The first-order chi connectivity index (χ1) is 11.2. The van der Waals surface area contributed by atoms with Crippen LogP contribution in [0.5, 0.6) is 0 Å². The van der Waals surface area contributed by atoms with Crippen molar-refractivity contribution in [1.29, 1.82) is 0 Å². The lowest BCUT2D eigenvalue weighted by Crippen LogP contribution is -2.34. The van der Waals surface area contributed by atoms with Gasteiger partial charge in [0.2, 0.25) is 20.0 Å². The summed E-state index contributed by atoms with van der Waals surface area (Å²) in [6.45, 7) is -0.0464. The zero-order chi connectivity index (χ0) is 17.8. The van der Waals surface area contributed by atoms with Crippen molar-refractivity contribution in [2.45, 2.75) is 4.90 Å². The van der Waals surface area contributed by atoms with Crippen molar-refractivity contribution in [1.82, 2.24) is 9.44 Å². The molecule has 0 fully saturated rings. The third kappa shape index (κ3) is 5.57. The fourth-order valence-electron chi connectivity index (χ4n) is 1.97. The Bertz CT molecular complexity index is 893. The van der Waals surface area contributed by atoms with Crippen LogP contribution in [-0.2, 0) is 20.0 Å². The predicted octanol–water partition coefficient (Wildman–Crippen LogP) is 1.83. The van der Waals surface area contributed by atoms with Crippen LogP contribution in [0.4, 0.5) is 0 Å². The molecule has 2 aromatic carbocycles. The Morgan fingerprint density at radius 1 is 0.792 bits per heavy atom. The zero-order valence-corrected chi connectivity index (χ0v) is 15.2. The summed E-state index contributed by atoms with van der Waals surface area (Å²) >= 11 is 5.84. The third-order valence-corrected chi connectivity index (χ3v) is 5.58. The maximum absolute atomic E-state index is 12.1. The summed E-state index contributed by atoms with van der Waals surface area (Å²) < 4.78 is 50.7. The first kappa shape index (κ1) is 18.9. The first-order valence-corrected chi connectivity index (χ1v) is 10.7. The van der Waals surface area contributed by atoms with Gasteiger partial charge in [0.1, 0.15) is 0 Å². The summed E-state index contributed by atoms with van der Waals surface area (Å²) in [4.78, 5) is 0.111. The minimum atomic E-state index is -3.69. The summed E-state index contributed by atoms with van der Waals surface area (Å²) in [7, 11) is -7.03. The van der Waals surface area contributed by atoms with E-state index in [2.05, 4.69) is 9.44 Å². The molecule has 0 saturated carbocycles. The van der Waals surface area contributed by atoms with Gasteiger partial charge in [-0.3, -0.25) is 0 Å². The minimum Gasteiger partial charge on any atom is -0.214 e. The monoisotopic (exact) mass is 388 g/mol. The standard InChI is InChI=1S/C15H17ClN2O4S2/c1-23(19,20)17-10-11-18-24(21,22)15-8-4-13(5-9-15)12-2-6-14(16)7-3-12/h2-9,17-18H,10-11H2,1H3. The lowest BCUT2D eigenvalue weighted by atomic mass is 10.1. The molecule has 2 rings (SSSR count). The summed E-state index contributed by atoms with van der Waals surface area (Å²) in [5, 5.41) is 0.629. The summed E-state index contributed by atoms with van der Waals surface area (Å²) in [5.41, 5.74) is 1.79. The Kier molecular flexibility index (Phi) is 6.00. The van der Waals surface area contributed by atoms with Crippen molar-refractivity contribution in [3.05, 3.63) is 53.6 Å². The summed E-state index contributed by atoms with van der Waals surface area (Å²) in [6.07, 6.45) is 1.01.